The van der Waals surface area contributed by atoms with Crippen LogP contribution in [0.4, 0.5) is 0 Å². The van der Waals surface area contributed by atoms with Gasteiger partial charge in [-0.15, -0.1) is 0 Å². The molecule has 0 spiro atoms. The number of rotatable bonds is 3. The van der Waals surface area contributed by atoms with Crippen molar-refractivity contribution in [3.05, 3.63) is 0 Å². The lowest BCUT2D eigenvalue weighted by molar-refractivity contribution is 0.326. The third kappa shape index (κ3) is 2.76. The molecule has 2 nitrogen and oxygen atoms in total. The molecule has 0 aliphatic carbocycles. The van der Waals surface area contributed by atoms with Gasteiger partial charge in [0.25, 0.3) is 0 Å². The maximum atomic E-state index is 3.60. The van der Waals surface area contributed by atoms with E-state index in [0.29, 0.717) is 0 Å². The van der Waals surface area contributed by atoms with Crippen LogP contribution in [0, 0.1) is 5.92 Å². The van der Waals surface area contributed by atoms with E-state index in [1.807, 2.05) is 0 Å². The van der Waals surface area contributed by atoms with Gasteiger partial charge in [-0.05, 0) is 32.9 Å². The molecule has 0 saturated carbocycles. The van der Waals surface area contributed by atoms with Gasteiger partial charge in [-0.2, -0.15) is 0 Å². The summed E-state index contributed by atoms with van der Waals surface area (Å²) in [5, 5.41) is 3.60. The summed E-state index contributed by atoms with van der Waals surface area (Å²) < 4.78 is 0. The number of hydrogen-bond acceptors (Lipinski definition) is 2. The number of nitrogens with zero attached hydrogens (tertiary/aromatic N) is 1. The third-order valence-electron chi connectivity index (χ3n) is 2.70. The summed E-state index contributed by atoms with van der Waals surface area (Å²) in [7, 11) is 2.21. The molecule has 2 unspecified atom stereocenters. The van der Waals surface area contributed by atoms with Gasteiger partial charge >= 0.3 is 0 Å². The molecule has 0 aromatic rings. The first-order valence-corrected chi connectivity index (χ1v) is 5.03. The Morgan fingerprint density at radius 1 is 1.50 bits per heavy atom. The Labute approximate surface area is 76.3 Å². The van der Waals surface area contributed by atoms with Gasteiger partial charge in [-0.3, -0.25) is 0 Å². The minimum absolute atomic E-state index is 0.729. The Balaban J connectivity index is 2.19. The van der Waals surface area contributed by atoms with Crippen molar-refractivity contribution in [3.8, 4) is 0 Å². The molecular weight excluding hydrogens is 148 g/mol. The maximum absolute atomic E-state index is 3.60. The van der Waals surface area contributed by atoms with Crippen LogP contribution in [0.1, 0.15) is 27.2 Å². The molecule has 1 rings (SSSR count). The van der Waals surface area contributed by atoms with Crippen molar-refractivity contribution in [1.82, 2.24) is 10.2 Å². The molecule has 1 aliphatic rings. The van der Waals surface area contributed by atoms with E-state index in [1.165, 1.54) is 13.0 Å². The highest BCUT2D eigenvalue weighted by Gasteiger charge is 2.25. The fraction of sp³-hybridized carbons (Fsp3) is 1.00. The predicted octanol–water partition coefficient (Wildman–Crippen LogP) is 1.32. The van der Waals surface area contributed by atoms with Crippen molar-refractivity contribution < 1.29 is 0 Å². The number of likely N-dealkylation sites (tertiary alicyclic amines) is 1. The van der Waals surface area contributed by atoms with E-state index in [1.54, 1.807) is 0 Å². The summed E-state index contributed by atoms with van der Waals surface area (Å²) in [6.45, 7) is 9.19. The lowest BCUT2D eigenvalue weighted by Gasteiger charge is -2.14. The molecule has 12 heavy (non-hydrogen) atoms. The second kappa shape index (κ2) is 4.24. The maximum Gasteiger partial charge on any atom is 0.0209 e. The zero-order chi connectivity index (χ0) is 9.14. The zero-order valence-corrected chi connectivity index (χ0v) is 8.80. The van der Waals surface area contributed by atoms with Gasteiger partial charge in [-0.1, -0.05) is 13.8 Å². The Morgan fingerprint density at radius 3 is 2.58 bits per heavy atom. The van der Waals surface area contributed by atoms with Gasteiger partial charge in [0, 0.05) is 18.6 Å². The molecular formula is C10H22N2. The van der Waals surface area contributed by atoms with Crippen LogP contribution in [0.3, 0.4) is 0 Å². The molecule has 0 bridgehead atoms. The number of likely N-dealkylation sites (N-methyl/N-ethyl adjacent to an activating group) is 1. The van der Waals surface area contributed by atoms with Gasteiger partial charge < -0.3 is 10.2 Å². The van der Waals surface area contributed by atoms with Crippen LogP contribution in [0.2, 0.25) is 0 Å². The topological polar surface area (TPSA) is 15.3 Å². The molecule has 0 amide bonds. The molecule has 72 valence electrons. The van der Waals surface area contributed by atoms with Crippen LogP contribution >= 0.6 is 0 Å². The monoisotopic (exact) mass is 170 g/mol. The molecule has 0 aromatic heterocycles. The van der Waals surface area contributed by atoms with Crippen molar-refractivity contribution in [1.29, 1.82) is 0 Å². The molecule has 1 saturated heterocycles. The molecule has 2 heteroatoms. The Hall–Kier alpha value is -0.0800. The van der Waals surface area contributed by atoms with Crippen LogP contribution < -0.4 is 5.32 Å². The quantitative estimate of drug-likeness (QED) is 0.687. The van der Waals surface area contributed by atoms with E-state index in [0.717, 1.165) is 24.5 Å². The SMILES string of the molecule is CC(C)CNC1CC(C)N(C)C1. The standard InChI is InChI=1S/C10H22N2/c1-8(2)6-11-10-5-9(3)12(4)7-10/h8-11H,5-7H2,1-4H3. The van der Waals surface area contributed by atoms with E-state index < -0.39 is 0 Å². The summed E-state index contributed by atoms with van der Waals surface area (Å²) in [4.78, 5) is 2.43. The van der Waals surface area contributed by atoms with Crippen molar-refractivity contribution in [2.45, 2.75) is 39.3 Å². The summed E-state index contributed by atoms with van der Waals surface area (Å²) in [6, 6.07) is 1.49. The van der Waals surface area contributed by atoms with Gasteiger partial charge in [-0.25, -0.2) is 0 Å². The Kier molecular flexibility index (Phi) is 3.53. The first-order valence-electron chi connectivity index (χ1n) is 5.03. The third-order valence-corrected chi connectivity index (χ3v) is 2.70. The molecule has 1 N–H and O–H groups in total. The highest BCUT2D eigenvalue weighted by molar-refractivity contribution is 4.84. The van der Waals surface area contributed by atoms with E-state index in [-0.39, 0.29) is 0 Å². The lowest BCUT2D eigenvalue weighted by atomic mass is 10.1. The first kappa shape index (κ1) is 10.0. The van der Waals surface area contributed by atoms with Crippen molar-refractivity contribution in [3.63, 3.8) is 0 Å². The summed E-state index contributed by atoms with van der Waals surface area (Å²) in [5.41, 5.74) is 0. The van der Waals surface area contributed by atoms with Crippen molar-refractivity contribution in [2.75, 3.05) is 20.1 Å². The van der Waals surface area contributed by atoms with Crippen LogP contribution in [0.5, 0.6) is 0 Å². The number of nitrogens with one attached hydrogen (secondary N) is 1. The molecule has 1 heterocycles. The van der Waals surface area contributed by atoms with Gasteiger partial charge in [0.05, 0.1) is 0 Å². The van der Waals surface area contributed by atoms with Crippen molar-refractivity contribution in [2.24, 2.45) is 5.92 Å². The highest BCUT2D eigenvalue weighted by atomic mass is 15.2. The van der Waals surface area contributed by atoms with E-state index in [9.17, 15) is 0 Å². The summed E-state index contributed by atoms with van der Waals surface area (Å²) in [5.74, 6) is 0.770. The van der Waals surface area contributed by atoms with Gasteiger partial charge in [0.2, 0.25) is 0 Å². The predicted molar refractivity (Wildman–Crippen MR) is 53.3 cm³/mol. The zero-order valence-electron chi connectivity index (χ0n) is 8.80. The Morgan fingerprint density at radius 2 is 2.17 bits per heavy atom. The lowest BCUT2D eigenvalue weighted by Crippen LogP contribution is -2.33. The van der Waals surface area contributed by atoms with Crippen LogP contribution in [-0.2, 0) is 0 Å². The summed E-state index contributed by atoms with van der Waals surface area (Å²) >= 11 is 0. The molecule has 0 aromatic carbocycles. The van der Waals surface area contributed by atoms with E-state index in [4.69, 9.17) is 0 Å². The van der Waals surface area contributed by atoms with Crippen LogP contribution in [-0.4, -0.2) is 37.1 Å². The minimum Gasteiger partial charge on any atom is -0.312 e. The van der Waals surface area contributed by atoms with Crippen LogP contribution in [0.25, 0.3) is 0 Å². The smallest absolute Gasteiger partial charge is 0.0209 e. The Bertz CT molecular complexity index is 124. The van der Waals surface area contributed by atoms with Gasteiger partial charge in [0.15, 0.2) is 0 Å². The minimum atomic E-state index is 0.729. The molecule has 2 atom stereocenters. The highest BCUT2D eigenvalue weighted by Crippen LogP contribution is 2.14. The van der Waals surface area contributed by atoms with Gasteiger partial charge in [0.1, 0.15) is 0 Å². The summed E-state index contributed by atoms with van der Waals surface area (Å²) in [6.07, 6.45) is 1.31. The first-order chi connectivity index (χ1) is 5.59. The fourth-order valence-electron chi connectivity index (χ4n) is 1.74. The van der Waals surface area contributed by atoms with E-state index >= 15 is 0 Å². The average Bonchev–Trinajstić information content (AvgIpc) is 2.28. The normalized spacial score (nSPS) is 31.8. The molecule has 1 fully saturated rings. The largest absolute Gasteiger partial charge is 0.312 e. The number of hydrogen-bond donors (Lipinski definition) is 1. The molecule has 0 radical (unpaired) electrons. The van der Waals surface area contributed by atoms with E-state index in [2.05, 4.69) is 38.0 Å². The second-order valence-corrected chi connectivity index (χ2v) is 4.52. The van der Waals surface area contributed by atoms with Crippen LogP contribution in [0.15, 0.2) is 0 Å². The fourth-order valence-corrected chi connectivity index (χ4v) is 1.74. The molecule has 1 aliphatic heterocycles. The second-order valence-electron chi connectivity index (χ2n) is 4.52. The average molecular weight is 170 g/mol. The van der Waals surface area contributed by atoms with Crippen molar-refractivity contribution >= 4 is 0 Å².